The third-order valence-electron chi connectivity index (χ3n) is 7.86. The maximum absolute atomic E-state index is 13.2. The zero-order valence-electron chi connectivity index (χ0n) is 25.3. The van der Waals surface area contributed by atoms with Crippen molar-refractivity contribution in [2.24, 2.45) is 0 Å². The highest BCUT2D eigenvalue weighted by Crippen LogP contribution is 2.31. The Labute approximate surface area is 256 Å². The van der Waals surface area contributed by atoms with Gasteiger partial charge in [0, 0.05) is 53.4 Å². The molecule has 0 radical (unpaired) electrons. The number of carbonyl (C=O) groups is 2. The molecule has 3 aromatic carbocycles. The molecule has 3 heterocycles. The van der Waals surface area contributed by atoms with Crippen LogP contribution >= 0.6 is 0 Å². The van der Waals surface area contributed by atoms with Crippen LogP contribution in [0.3, 0.4) is 0 Å². The van der Waals surface area contributed by atoms with Crippen LogP contribution in [0.25, 0.3) is 16.9 Å². The second-order valence-corrected chi connectivity index (χ2v) is 12.1. The first-order chi connectivity index (χ1) is 21.2. The normalized spacial score (nSPS) is 14.9. The second-order valence-electron chi connectivity index (χ2n) is 12.1. The highest BCUT2D eigenvalue weighted by atomic mass is 16.5. The summed E-state index contributed by atoms with van der Waals surface area (Å²) in [7, 11) is 0. The summed E-state index contributed by atoms with van der Waals surface area (Å²) in [5.74, 6) is 0.250. The fourth-order valence-electron chi connectivity index (χ4n) is 5.33. The van der Waals surface area contributed by atoms with Crippen molar-refractivity contribution in [2.45, 2.75) is 52.1 Å². The maximum atomic E-state index is 13.2. The van der Waals surface area contributed by atoms with Crippen LogP contribution in [0.5, 0.6) is 0 Å². The first-order valence-corrected chi connectivity index (χ1v) is 14.8. The number of anilines is 4. The molecule has 1 unspecified atom stereocenters. The molecule has 0 spiro atoms. The minimum Gasteiger partial charge on any atom is -0.368 e. The number of fused-ring (bicyclic) bond motifs is 1. The van der Waals surface area contributed by atoms with E-state index < -0.39 is 6.10 Å². The van der Waals surface area contributed by atoms with E-state index in [1.165, 1.54) is 5.56 Å². The summed E-state index contributed by atoms with van der Waals surface area (Å²) in [6.45, 7) is 9.04. The molecule has 3 N–H and O–H groups in total. The lowest BCUT2D eigenvalue weighted by Gasteiger charge is -2.19. The third-order valence-corrected chi connectivity index (χ3v) is 7.86. The van der Waals surface area contributed by atoms with Gasteiger partial charge in [0.15, 0.2) is 11.5 Å². The van der Waals surface area contributed by atoms with E-state index in [9.17, 15) is 9.59 Å². The topological polar surface area (TPSA) is 110 Å². The largest absolute Gasteiger partial charge is 0.368 e. The second kappa shape index (κ2) is 11.9. The molecule has 2 aromatic heterocycles. The lowest BCUT2D eigenvalue weighted by molar-refractivity contribution is -0.124. The Kier molecular flexibility index (Phi) is 7.88. The quantitative estimate of drug-likeness (QED) is 0.187. The molecule has 0 bridgehead atoms. The van der Waals surface area contributed by atoms with Crippen molar-refractivity contribution < 1.29 is 14.3 Å². The van der Waals surface area contributed by atoms with Crippen LogP contribution in [-0.4, -0.2) is 38.9 Å². The van der Waals surface area contributed by atoms with Crippen molar-refractivity contribution in [1.29, 1.82) is 0 Å². The Bertz CT molecular complexity index is 1830. The van der Waals surface area contributed by atoms with Crippen LogP contribution in [0.4, 0.5) is 22.9 Å². The number of imidazole rings is 1. The number of rotatable bonds is 7. The molecule has 1 aliphatic heterocycles. The number of carbonyl (C=O) groups excluding carboxylic acids is 2. The summed E-state index contributed by atoms with van der Waals surface area (Å²) < 4.78 is 7.42. The zero-order chi connectivity index (χ0) is 30.8. The lowest BCUT2D eigenvalue weighted by Crippen LogP contribution is -2.26. The number of aromatic nitrogens is 3. The monoisotopic (exact) mass is 588 g/mol. The van der Waals surface area contributed by atoms with Gasteiger partial charge in [-0.2, -0.15) is 0 Å². The number of amides is 2. The number of hydrogen-bond donors (Lipinski definition) is 3. The van der Waals surface area contributed by atoms with E-state index in [-0.39, 0.29) is 17.2 Å². The lowest BCUT2D eigenvalue weighted by atomic mass is 9.86. The van der Waals surface area contributed by atoms with Gasteiger partial charge in [-0.25, -0.2) is 9.97 Å². The van der Waals surface area contributed by atoms with Gasteiger partial charge in [-0.3, -0.25) is 9.59 Å². The highest BCUT2D eigenvalue weighted by molar-refractivity contribution is 6.05. The van der Waals surface area contributed by atoms with E-state index in [0.29, 0.717) is 40.7 Å². The maximum Gasteiger partial charge on any atom is 0.255 e. The Morgan fingerprint density at radius 3 is 2.50 bits per heavy atom. The fourth-order valence-corrected chi connectivity index (χ4v) is 5.33. The van der Waals surface area contributed by atoms with Crippen LogP contribution in [0.15, 0.2) is 85.3 Å². The van der Waals surface area contributed by atoms with Gasteiger partial charge in [0.05, 0.1) is 5.69 Å². The first-order valence-electron chi connectivity index (χ1n) is 14.8. The average molecular weight is 589 g/mol. The van der Waals surface area contributed by atoms with Crippen molar-refractivity contribution in [3.05, 3.63) is 102 Å². The molecule has 0 saturated carbocycles. The van der Waals surface area contributed by atoms with Gasteiger partial charge in [-0.15, -0.1) is 0 Å². The predicted octanol–water partition coefficient (Wildman–Crippen LogP) is 7.12. The van der Waals surface area contributed by atoms with Gasteiger partial charge >= 0.3 is 0 Å². The van der Waals surface area contributed by atoms with Crippen molar-refractivity contribution in [1.82, 2.24) is 14.4 Å². The van der Waals surface area contributed by atoms with E-state index in [4.69, 9.17) is 9.72 Å². The summed E-state index contributed by atoms with van der Waals surface area (Å²) in [5.41, 5.74) is 7.05. The van der Waals surface area contributed by atoms with E-state index >= 15 is 0 Å². The van der Waals surface area contributed by atoms with E-state index in [1.54, 1.807) is 6.20 Å². The summed E-state index contributed by atoms with van der Waals surface area (Å²) in [4.78, 5) is 35.2. The summed E-state index contributed by atoms with van der Waals surface area (Å²) in [5, 5.41) is 9.41. The SMILES string of the molecule is Cc1c(NC(=O)c2ccc(C(C)(C)C)cc2)cccc1-c1cn2ccnc2c(Nc2cccc(NC(=O)C3CCCO3)c2)n1. The van der Waals surface area contributed by atoms with Crippen LogP contribution in [-0.2, 0) is 14.9 Å². The first kappa shape index (κ1) is 29.1. The van der Waals surface area contributed by atoms with Gasteiger partial charge in [-0.1, -0.05) is 51.1 Å². The van der Waals surface area contributed by atoms with Crippen molar-refractivity contribution in [2.75, 3.05) is 22.6 Å². The number of hydrogen-bond acceptors (Lipinski definition) is 6. The molecule has 1 fully saturated rings. The molecule has 1 saturated heterocycles. The summed E-state index contributed by atoms with van der Waals surface area (Å²) in [6.07, 6.45) is 6.72. The molecule has 0 aliphatic carbocycles. The van der Waals surface area contributed by atoms with Gasteiger partial charge in [-0.05, 0) is 72.7 Å². The number of nitrogens with one attached hydrogen (secondary N) is 3. The van der Waals surface area contributed by atoms with E-state index in [0.717, 1.165) is 29.7 Å². The van der Waals surface area contributed by atoms with Gasteiger partial charge in [0.25, 0.3) is 11.8 Å². The molecular formula is C35H36N6O3. The zero-order valence-corrected chi connectivity index (χ0v) is 25.3. The van der Waals surface area contributed by atoms with Crippen LogP contribution < -0.4 is 16.0 Å². The number of ether oxygens (including phenoxy) is 1. The van der Waals surface area contributed by atoms with Crippen molar-refractivity contribution >= 4 is 40.3 Å². The summed E-state index contributed by atoms with van der Waals surface area (Å²) in [6, 6.07) is 21.0. The van der Waals surface area contributed by atoms with Gasteiger partial charge in [0.1, 0.15) is 6.10 Å². The van der Waals surface area contributed by atoms with E-state index in [2.05, 4.69) is 41.7 Å². The third kappa shape index (κ3) is 6.18. The average Bonchev–Trinajstić information content (AvgIpc) is 3.71. The summed E-state index contributed by atoms with van der Waals surface area (Å²) >= 11 is 0. The highest BCUT2D eigenvalue weighted by Gasteiger charge is 2.23. The standard InChI is InChI=1S/C35H36N6O3/c1-22-27(10-6-11-28(22)40-33(42)23-13-15-24(16-14-23)35(2,3)4)29-21-41-18-17-36-32(41)31(39-29)37-25-8-5-9-26(20-25)38-34(43)30-12-7-19-44-30/h5-6,8-11,13-18,20-21,30H,7,12,19H2,1-4H3,(H,37,39)(H,38,43)(H,40,42). The van der Waals surface area contributed by atoms with Crippen LogP contribution in [0.1, 0.15) is 55.1 Å². The molecule has 6 rings (SSSR count). The Balaban J connectivity index is 1.25. The Morgan fingerprint density at radius 2 is 1.75 bits per heavy atom. The van der Waals surface area contributed by atoms with E-state index in [1.807, 2.05) is 90.4 Å². The minimum absolute atomic E-state index is 0.0140. The Morgan fingerprint density at radius 1 is 0.977 bits per heavy atom. The van der Waals surface area contributed by atoms with Gasteiger partial charge < -0.3 is 25.1 Å². The molecule has 224 valence electrons. The molecule has 9 heteroatoms. The van der Waals surface area contributed by atoms with Crippen molar-refractivity contribution in [3.63, 3.8) is 0 Å². The molecule has 9 nitrogen and oxygen atoms in total. The molecule has 44 heavy (non-hydrogen) atoms. The molecular weight excluding hydrogens is 552 g/mol. The molecule has 2 amide bonds. The Hall–Kier alpha value is -5.02. The molecule has 5 aromatic rings. The number of nitrogens with zero attached hydrogens (tertiary/aromatic N) is 3. The molecule has 1 aliphatic rings. The number of benzene rings is 3. The minimum atomic E-state index is -0.410. The molecule has 1 atom stereocenters. The van der Waals surface area contributed by atoms with Gasteiger partial charge in [0.2, 0.25) is 0 Å². The van der Waals surface area contributed by atoms with Crippen LogP contribution in [0.2, 0.25) is 0 Å². The predicted molar refractivity (Wildman–Crippen MR) is 174 cm³/mol. The smallest absolute Gasteiger partial charge is 0.255 e. The fraction of sp³-hybridized carbons (Fsp3) is 0.257. The van der Waals surface area contributed by atoms with Crippen molar-refractivity contribution in [3.8, 4) is 11.3 Å². The van der Waals surface area contributed by atoms with Crippen LogP contribution in [0, 0.1) is 6.92 Å².